The summed E-state index contributed by atoms with van der Waals surface area (Å²) in [5.41, 5.74) is 0.712. The van der Waals surface area contributed by atoms with Gasteiger partial charge in [-0.05, 0) is 18.9 Å². The smallest absolute Gasteiger partial charge is 0.234 e. The molecule has 1 amide bonds. The van der Waals surface area contributed by atoms with Crippen molar-refractivity contribution in [1.82, 2.24) is 25.5 Å². The maximum absolute atomic E-state index is 11.7. The summed E-state index contributed by atoms with van der Waals surface area (Å²) in [5.74, 6) is 0.693. The Bertz CT molecular complexity index is 974. The van der Waals surface area contributed by atoms with Crippen molar-refractivity contribution < 1.29 is 4.79 Å². The van der Waals surface area contributed by atoms with Crippen LogP contribution in [0, 0.1) is 11.3 Å². The highest BCUT2D eigenvalue weighted by molar-refractivity contribution is 6.09. The van der Waals surface area contributed by atoms with E-state index in [-0.39, 0.29) is 18.4 Å². The maximum atomic E-state index is 11.7. The third-order valence-corrected chi connectivity index (χ3v) is 4.52. The van der Waals surface area contributed by atoms with Crippen molar-refractivity contribution in [2.75, 3.05) is 18.0 Å². The molecule has 0 spiro atoms. The van der Waals surface area contributed by atoms with Gasteiger partial charge in [-0.25, -0.2) is 9.97 Å². The second kappa shape index (κ2) is 6.36. The van der Waals surface area contributed by atoms with E-state index in [0.717, 1.165) is 41.4 Å². The molecule has 4 rings (SSSR count). The molecule has 1 aliphatic rings. The summed E-state index contributed by atoms with van der Waals surface area (Å²) in [5, 5.41) is 21.9. The van der Waals surface area contributed by atoms with Gasteiger partial charge in [-0.3, -0.25) is 9.89 Å². The van der Waals surface area contributed by atoms with Crippen LogP contribution in [-0.2, 0) is 4.79 Å². The zero-order valence-corrected chi connectivity index (χ0v) is 13.6. The van der Waals surface area contributed by atoms with E-state index < -0.39 is 0 Å². The Morgan fingerprint density at radius 1 is 1.44 bits per heavy atom. The van der Waals surface area contributed by atoms with Gasteiger partial charge < -0.3 is 10.2 Å². The van der Waals surface area contributed by atoms with Gasteiger partial charge in [0.05, 0.1) is 12.3 Å². The molecular formula is C17H17N7O. The van der Waals surface area contributed by atoms with E-state index in [1.54, 1.807) is 18.6 Å². The van der Waals surface area contributed by atoms with E-state index >= 15 is 0 Å². The van der Waals surface area contributed by atoms with Crippen LogP contribution >= 0.6 is 0 Å². The molecule has 1 unspecified atom stereocenters. The van der Waals surface area contributed by atoms with Crippen LogP contribution in [0.15, 0.2) is 24.7 Å². The average Bonchev–Trinajstić information content (AvgIpc) is 3.10. The molecule has 0 aromatic carbocycles. The number of pyridine rings is 1. The molecule has 8 nitrogen and oxygen atoms in total. The van der Waals surface area contributed by atoms with Gasteiger partial charge in [0.2, 0.25) is 5.91 Å². The molecule has 0 aliphatic carbocycles. The molecule has 1 saturated heterocycles. The topological polar surface area (TPSA) is 111 Å². The van der Waals surface area contributed by atoms with Gasteiger partial charge in [-0.15, -0.1) is 0 Å². The third-order valence-electron chi connectivity index (χ3n) is 4.52. The van der Waals surface area contributed by atoms with Crippen molar-refractivity contribution in [3.8, 4) is 6.07 Å². The number of piperidine rings is 1. The molecule has 0 bridgehead atoms. The number of amides is 1. The molecule has 2 N–H and O–H groups in total. The molecule has 4 heterocycles. The minimum Gasteiger partial charge on any atom is -0.354 e. The number of H-pyrrole nitrogens is 1. The van der Waals surface area contributed by atoms with Crippen LogP contribution in [0.2, 0.25) is 0 Å². The number of rotatable bonds is 3. The summed E-state index contributed by atoms with van der Waals surface area (Å²) in [7, 11) is 0. The van der Waals surface area contributed by atoms with Crippen LogP contribution < -0.4 is 10.2 Å². The van der Waals surface area contributed by atoms with Crippen LogP contribution in [-0.4, -0.2) is 45.2 Å². The van der Waals surface area contributed by atoms with Gasteiger partial charge >= 0.3 is 0 Å². The Kier molecular flexibility index (Phi) is 3.90. The molecule has 25 heavy (non-hydrogen) atoms. The number of aromatic amines is 1. The average molecular weight is 335 g/mol. The standard InChI is InChI=1S/C17H17N7O/c18-5-3-14(25)22-12-2-1-7-24(10-12)17-15-11(9-21-23-17)8-20-16-13(15)4-6-19-16/h4,6,8-9,12,23H,1-3,7,10H2,(H,22,25). The van der Waals surface area contributed by atoms with Crippen LogP contribution in [0.1, 0.15) is 19.3 Å². The lowest BCUT2D eigenvalue weighted by Gasteiger charge is -2.34. The highest BCUT2D eigenvalue weighted by atomic mass is 16.1. The molecule has 3 aromatic rings. The van der Waals surface area contributed by atoms with Crippen molar-refractivity contribution in [2.24, 2.45) is 0 Å². The Morgan fingerprint density at radius 3 is 3.24 bits per heavy atom. The Balaban J connectivity index is 1.68. The lowest BCUT2D eigenvalue weighted by molar-refractivity contribution is -0.120. The van der Waals surface area contributed by atoms with Crippen molar-refractivity contribution in [1.29, 1.82) is 5.26 Å². The van der Waals surface area contributed by atoms with Gasteiger partial charge in [0, 0.05) is 47.7 Å². The molecule has 8 heteroatoms. The summed E-state index contributed by atoms with van der Waals surface area (Å²) >= 11 is 0. The number of nitriles is 1. The van der Waals surface area contributed by atoms with E-state index in [1.807, 2.05) is 12.1 Å². The zero-order valence-electron chi connectivity index (χ0n) is 13.6. The van der Waals surface area contributed by atoms with E-state index in [2.05, 4.69) is 30.4 Å². The van der Waals surface area contributed by atoms with Crippen LogP contribution in [0.5, 0.6) is 0 Å². The van der Waals surface area contributed by atoms with Gasteiger partial charge in [-0.1, -0.05) is 0 Å². The Morgan fingerprint density at radius 2 is 2.36 bits per heavy atom. The summed E-state index contributed by atoms with van der Waals surface area (Å²) in [6, 6.07) is 3.86. The fourth-order valence-electron chi connectivity index (χ4n) is 3.43. The number of aromatic nitrogens is 4. The van der Waals surface area contributed by atoms with Gasteiger partial charge in [-0.2, -0.15) is 10.4 Å². The number of anilines is 1. The normalized spacial score (nSPS) is 17.6. The SMILES string of the molecule is N#CCC(=O)NC1CCCN(c2[nH]ncc3cnc4nccc4c23)C1. The summed E-state index contributed by atoms with van der Waals surface area (Å²) in [4.78, 5) is 22.6. The van der Waals surface area contributed by atoms with Crippen LogP contribution in [0.4, 0.5) is 5.82 Å². The number of fused-ring (bicyclic) bond motifs is 3. The summed E-state index contributed by atoms with van der Waals surface area (Å²) in [6.45, 7) is 1.55. The van der Waals surface area contributed by atoms with Crippen molar-refractivity contribution in [3.63, 3.8) is 0 Å². The fourth-order valence-corrected chi connectivity index (χ4v) is 3.43. The zero-order chi connectivity index (χ0) is 17.2. The third kappa shape index (κ3) is 2.85. The van der Waals surface area contributed by atoms with Crippen molar-refractivity contribution in [2.45, 2.75) is 25.3 Å². The van der Waals surface area contributed by atoms with Gasteiger partial charge in [0.25, 0.3) is 0 Å². The molecule has 1 atom stereocenters. The first-order chi connectivity index (χ1) is 12.3. The predicted octanol–water partition coefficient (Wildman–Crippen LogP) is 1.50. The van der Waals surface area contributed by atoms with E-state index in [1.165, 1.54) is 0 Å². The highest BCUT2D eigenvalue weighted by Gasteiger charge is 2.24. The van der Waals surface area contributed by atoms with Crippen molar-refractivity contribution >= 4 is 33.5 Å². The quantitative estimate of drug-likeness (QED) is 0.750. The van der Waals surface area contributed by atoms with E-state index in [0.29, 0.717) is 12.2 Å². The minimum absolute atomic E-state index is 0.0216. The lowest BCUT2D eigenvalue weighted by atomic mass is 10.0. The van der Waals surface area contributed by atoms with E-state index in [9.17, 15) is 4.79 Å². The highest BCUT2D eigenvalue weighted by Crippen LogP contribution is 2.31. The van der Waals surface area contributed by atoms with Gasteiger partial charge in [0.1, 0.15) is 12.2 Å². The number of nitrogens with zero attached hydrogens (tertiary/aromatic N) is 5. The number of hydrogen-bond acceptors (Lipinski definition) is 6. The van der Waals surface area contributed by atoms with Crippen LogP contribution in [0.3, 0.4) is 0 Å². The summed E-state index contributed by atoms with van der Waals surface area (Å²) < 4.78 is 0. The number of carbonyl (C=O) groups is 1. The Labute approximate surface area is 143 Å². The number of hydrogen-bond donors (Lipinski definition) is 2. The second-order valence-electron chi connectivity index (χ2n) is 6.18. The summed E-state index contributed by atoms with van der Waals surface area (Å²) in [6.07, 6.45) is 7.04. The molecule has 1 fully saturated rings. The number of carbonyl (C=O) groups excluding carboxylic acids is 1. The monoisotopic (exact) mass is 335 g/mol. The number of nitrogens with one attached hydrogen (secondary N) is 2. The Hall–Kier alpha value is -3.21. The van der Waals surface area contributed by atoms with Crippen LogP contribution in [0.25, 0.3) is 21.8 Å². The lowest BCUT2D eigenvalue weighted by Crippen LogP contribution is -2.48. The maximum Gasteiger partial charge on any atom is 0.234 e. The molecular weight excluding hydrogens is 318 g/mol. The molecule has 1 aliphatic heterocycles. The van der Waals surface area contributed by atoms with Crippen molar-refractivity contribution in [3.05, 3.63) is 24.7 Å². The largest absolute Gasteiger partial charge is 0.354 e. The molecule has 0 saturated carbocycles. The molecule has 3 aromatic heterocycles. The van der Waals surface area contributed by atoms with Gasteiger partial charge in [0.15, 0.2) is 5.65 Å². The first-order valence-electron chi connectivity index (χ1n) is 8.24. The fraction of sp³-hybridized carbons (Fsp3) is 0.353. The first kappa shape index (κ1) is 15.3. The molecule has 0 radical (unpaired) electrons. The second-order valence-corrected chi connectivity index (χ2v) is 6.18. The predicted molar refractivity (Wildman–Crippen MR) is 92.8 cm³/mol. The molecule has 126 valence electrons. The minimum atomic E-state index is -0.221. The van der Waals surface area contributed by atoms with E-state index in [4.69, 9.17) is 5.26 Å². The first-order valence-corrected chi connectivity index (χ1v) is 8.24.